The van der Waals surface area contributed by atoms with Crippen molar-refractivity contribution in [2.75, 3.05) is 0 Å². The number of rotatable bonds is 3. The average Bonchev–Trinajstić information content (AvgIpc) is 2.80. The van der Waals surface area contributed by atoms with Gasteiger partial charge in [-0.3, -0.25) is 0 Å². The second-order valence-electron chi connectivity index (χ2n) is 3.56. The largest absolute Gasteiger partial charge is 0.476 e. The van der Waals surface area contributed by atoms with Gasteiger partial charge in [0.2, 0.25) is 17.3 Å². The molecule has 0 atom stereocenters. The van der Waals surface area contributed by atoms with Gasteiger partial charge in [0, 0.05) is 5.56 Å². The molecule has 1 aromatic carbocycles. The van der Waals surface area contributed by atoms with Gasteiger partial charge in [-0.05, 0) is 12.1 Å². The summed E-state index contributed by atoms with van der Waals surface area (Å²) in [6.45, 7) is 0. The highest BCUT2D eigenvalue weighted by atomic mass is 19.2. The van der Waals surface area contributed by atoms with Crippen LogP contribution in [-0.2, 0) is 0 Å². The van der Waals surface area contributed by atoms with Crippen molar-refractivity contribution in [1.82, 2.24) is 4.98 Å². The van der Waals surface area contributed by atoms with E-state index in [-0.39, 0.29) is 0 Å². The van der Waals surface area contributed by atoms with E-state index >= 15 is 0 Å². The number of carboxylic acid groups (broad SMARTS) is 2. The molecule has 104 valence electrons. The van der Waals surface area contributed by atoms with Gasteiger partial charge in [-0.1, -0.05) is 0 Å². The number of carboxylic acids is 2. The SMILES string of the molecule is O=C(O)c1nc(-c2cc(F)c(F)c(F)c2)oc1C(=O)O. The third-order valence-electron chi connectivity index (χ3n) is 2.25. The maximum atomic E-state index is 13.0. The fourth-order valence-corrected chi connectivity index (χ4v) is 1.41. The number of halogens is 3. The minimum Gasteiger partial charge on any atom is -0.476 e. The van der Waals surface area contributed by atoms with Gasteiger partial charge in [-0.15, -0.1) is 0 Å². The van der Waals surface area contributed by atoms with Crippen LogP contribution < -0.4 is 0 Å². The van der Waals surface area contributed by atoms with Crippen LogP contribution in [0.15, 0.2) is 16.5 Å². The van der Waals surface area contributed by atoms with Gasteiger partial charge in [0.25, 0.3) is 0 Å². The van der Waals surface area contributed by atoms with Crippen molar-refractivity contribution in [3.05, 3.63) is 41.0 Å². The fourth-order valence-electron chi connectivity index (χ4n) is 1.41. The quantitative estimate of drug-likeness (QED) is 0.839. The van der Waals surface area contributed by atoms with Gasteiger partial charge >= 0.3 is 11.9 Å². The Balaban J connectivity index is 2.62. The van der Waals surface area contributed by atoms with E-state index in [1.165, 1.54) is 0 Å². The Morgan fingerprint density at radius 1 is 1.05 bits per heavy atom. The number of oxazole rings is 1. The van der Waals surface area contributed by atoms with Crippen LogP contribution in [0.1, 0.15) is 21.0 Å². The highest BCUT2D eigenvalue weighted by Crippen LogP contribution is 2.25. The van der Waals surface area contributed by atoms with Crippen LogP contribution in [0.3, 0.4) is 0 Å². The summed E-state index contributed by atoms with van der Waals surface area (Å²) in [6, 6.07) is 1.00. The lowest BCUT2D eigenvalue weighted by atomic mass is 10.2. The minimum absolute atomic E-state index is 0.434. The summed E-state index contributed by atoms with van der Waals surface area (Å²) < 4.78 is 43.5. The molecule has 0 bridgehead atoms. The second kappa shape index (κ2) is 4.68. The monoisotopic (exact) mass is 287 g/mol. The third kappa shape index (κ3) is 2.20. The normalized spacial score (nSPS) is 10.6. The lowest BCUT2D eigenvalue weighted by molar-refractivity contribution is 0.0624. The number of nitrogens with zero attached hydrogens (tertiary/aromatic N) is 1. The number of carbonyl (C=O) groups is 2. The van der Waals surface area contributed by atoms with Gasteiger partial charge in [0.1, 0.15) is 0 Å². The highest BCUT2D eigenvalue weighted by Gasteiger charge is 2.26. The highest BCUT2D eigenvalue weighted by molar-refractivity contribution is 5.98. The van der Waals surface area contributed by atoms with Crippen molar-refractivity contribution in [2.24, 2.45) is 0 Å². The van der Waals surface area contributed by atoms with E-state index in [0.717, 1.165) is 0 Å². The molecule has 2 N–H and O–H groups in total. The first-order valence-corrected chi connectivity index (χ1v) is 4.93. The molecule has 2 rings (SSSR count). The summed E-state index contributed by atoms with van der Waals surface area (Å²) in [6.07, 6.45) is 0. The van der Waals surface area contributed by atoms with Gasteiger partial charge in [0.05, 0.1) is 0 Å². The molecule has 0 unspecified atom stereocenters. The van der Waals surface area contributed by atoms with E-state index in [1.54, 1.807) is 0 Å². The summed E-state index contributed by atoms with van der Waals surface area (Å²) in [5.74, 6) is -9.89. The molecular weight excluding hydrogens is 283 g/mol. The van der Waals surface area contributed by atoms with Crippen LogP contribution in [0.4, 0.5) is 13.2 Å². The van der Waals surface area contributed by atoms with Crippen molar-refractivity contribution in [1.29, 1.82) is 0 Å². The standard InChI is InChI=1S/C11H4F3NO5/c12-4-1-3(2-5(13)6(4)14)9-15-7(10(16)17)8(20-9)11(18)19/h1-2H,(H,16,17)(H,18,19). The molecule has 0 aliphatic heterocycles. The Labute approximate surface area is 108 Å². The van der Waals surface area contributed by atoms with Gasteiger partial charge in [0.15, 0.2) is 17.5 Å². The third-order valence-corrected chi connectivity index (χ3v) is 2.25. The van der Waals surface area contributed by atoms with Crippen LogP contribution >= 0.6 is 0 Å². The van der Waals surface area contributed by atoms with Crippen molar-refractivity contribution in [2.45, 2.75) is 0 Å². The zero-order valence-electron chi connectivity index (χ0n) is 9.35. The zero-order valence-corrected chi connectivity index (χ0v) is 9.35. The lowest BCUT2D eigenvalue weighted by Crippen LogP contribution is -2.05. The molecule has 2 aromatic rings. The van der Waals surface area contributed by atoms with Crippen LogP contribution in [0.5, 0.6) is 0 Å². The molecule has 1 aromatic heterocycles. The molecule has 0 aliphatic carbocycles. The maximum absolute atomic E-state index is 13.0. The first-order chi connectivity index (χ1) is 9.31. The van der Waals surface area contributed by atoms with E-state index < -0.39 is 52.3 Å². The first-order valence-electron chi connectivity index (χ1n) is 4.93. The summed E-state index contributed by atoms with van der Waals surface area (Å²) in [5.41, 5.74) is -1.37. The van der Waals surface area contributed by atoms with Gasteiger partial charge < -0.3 is 14.6 Å². The summed E-state index contributed by atoms with van der Waals surface area (Å²) >= 11 is 0. The molecule has 0 aliphatic rings. The fraction of sp³-hybridized carbons (Fsp3) is 0. The average molecular weight is 287 g/mol. The van der Waals surface area contributed by atoms with Crippen molar-refractivity contribution in [3.63, 3.8) is 0 Å². The van der Waals surface area contributed by atoms with E-state index in [2.05, 4.69) is 9.40 Å². The number of aromatic carboxylic acids is 2. The van der Waals surface area contributed by atoms with Gasteiger partial charge in [-0.2, -0.15) is 0 Å². The molecule has 0 radical (unpaired) electrons. The van der Waals surface area contributed by atoms with E-state index in [9.17, 15) is 22.8 Å². The molecule has 6 nitrogen and oxygen atoms in total. The summed E-state index contributed by atoms with van der Waals surface area (Å²) in [4.78, 5) is 24.8. The van der Waals surface area contributed by atoms with Crippen molar-refractivity contribution >= 4 is 11.9 Å². The Kier molecular flexibility index (Phi) is 3.18. The summed E-state index contributed by atoms with van der Waals surface area (Å²) in [7, 11) is 0. The molecule has 1 heterocycles. The van der Waals surface area contributed by atoms with Crippen LogP contribution in [0, 0.1) is 17.5 Å². The molecule has 0 fully saturated rings. The van der Waals surface area contributed by atoms with Crippen molar-refractivity contribution in [3.8, 4) is 11.5 Å². The Hall–Kier alpha value is -2.84. The Bertz CT molecular complexity index is 670. The van der Waals surface area contributed by atoms with Crippen LogP contribution in [-0.4, -0.2) is 27.1 Å². The molecule has 0 saturated heterocycles. The molecular formula is C11H4F3NO5. The van der Waals surface area contributed by atoms with Crippen molar-refractivity contribution < 1.29 is 37.4 Å². The molecule has 20 heavy (non-hydrogen) atoms. The topological polar surface area (TPSA) is 101 Å². The first kappa shape index (κ1) is 13.6. The minimum atomic E-state index is -1.72. The van der Waals surface area contributed by atoms with E-state index in [0.29, 0.717) is 12.1 Å². The molecule has 0 spiro atoms. The zero-order chi connectivity index (χ0) is 15.0. The van der Waals surface area contributed by atoms with Gasteiger partial charge in [-0.25, -0.2) is 27.7 Å². The van der Waals surface area contributed by atoms with E-state index in [4.69, 9.17) is 10.2 Å². The van der Waals surface area contributed by atoms with E-state index in [1.807, 2.05) is 0 Å². The number of aromatic nitrogens is 1. The second-order valence-corrected chi connectivity index (χ2v) is 3.56. The number of hydrogen-bond acceptors (Lipinski definition) is 4. The molecule has 0 amide bonds. The smallest absolute Gasteiger partial charge is 0.374 e. The Morgan fingerprint density at radius 3 is 2.00 bits per heavy atom. The molecule has 0 saturated carbocycles. The number of hydrogen-bond donors (Lipinski definition) is 2. The maximum Gasteiger partial charge on any atom is 0.374 e. The van der Waals surface area contributed by atoms with Crippen LogP contribution in [0.25, 0.3) is 11.5 Å². The Morgan fingerprint density at radius 2 is 1.60 bits per heavy atom. The molecule has 9 heteroatoms. The lowest BCUT2D eigenvalue weighted by Gasteiger charge is -1.98. The summed E-state index contributed by atoms with van der Waals surface area (Å²) in [5, 5.41) is 17.5. The number of benzene rings is 1. The predicted molar refractivity (Wildman–Crippen MR) is 55.7 cm³/mol. The predicted octanol–water partition coefficient (Wildman–Crippen LogP) is 2.16. The van der Waals surface area contributed by atoms with Crippen LogP contribution in [0.2, 0.25) is 0 Å².